The van der Waals surface area contributed by atoms with Crippen molar-refractivity contribution in [2.24, 2.45) is 0 Å². The van der Waals surface area contributed by atoms with Crippen molar-refractivity contribution in [2.75, 3.05) is 5.32 Å². The van der Waals surface area contributed by atoms with Gasteiger partial charge in [-0.2, -0.15) is 5.10 Å². The fourth-order valence-corrected chi connectivity index (χ4v) is 3.73. The third-order valence-corrected chi connectivity index (χ3v) is 5.94. The molecule has 2 aromatic carbocycles. The molecular weight excluding hydrogens is 466 g/mol. The van der Waals surface area contributed by atoms with E-state index in [4.69, 9.17) is 0 Å². The van der Waals surface area contributed by atoms with E-state index in [-0.39, 0.29) is 0 Å². The van der Waals surface area contributed by atoms with E-state index < -0.39 is 46.5 Å². The first kappa shape index (κ1) is 27.0. The van der Waals surface area contributed by atoms with Gasteiger partial charge in [0, 0.05) is 17.5 Å². The summed E-state index contributed by atoms with van der Waals surface area (Å²) in [5, 5.41) is 20.3. The lowest BCUT2D eigenvalue weighted by Crippen LogP contribution is -2.44. The van der Waals surface area contributed by atoms with Gasteiger partial charge in [0.15, 0.2) is 6.10 Å². The van der Waals surface area contributed by atoms with Crippen molar-refractivity contribution >= 4 is 17.6 Å². The second-order valence-electron chi connectivity index (χ2n) is 10.3. The van der Waals surface area contributed by atoms with E-state index in [1.165, 1.54) is 19.1 Å². The van der Waals surface area contributed by atoms with Gasteiger partial charge in [-0.25, -0.2) is 13.5 Å². The standard InChI is InChI=1S/C27H32F2N4O3/c1-16(30-25(36)23(34)17-10-8-7-9-11-17)24(35)31-22-15-21(32-33(22)26(2,3)4)27(5,6)18-12-19(28)14-20(29)13-18/h7-16,23,34H,1-6H3,(H,30,36)(H,31,35). The van der Waals surface area contributed by atoms with Crippen molar-refractivity contribution in [3.63, 3.8) is 0 Å². The number of hydrogen-bond donors (Lipinski definition) is 3. The summed E-state index contributed by atoms with van der Waals surface area (Å²) in [6.07, 6.45) is -1.42. The van der Waals surface area contributed by atoms with Crippen LogP contribution in [0.1, 0.15) is 64.5 Å². The maximum atomic E-state index is 13.9. The van der Waals surface area contributed by atoms with Gasteiger partial charge in [-0.1, -0.05) is 44.2 Å². The molecule has 0 fully saturated rings. The van der Waals surface area contributed by atoms with Crippen molar-refractivity contribution in [1.82, 2.24) is 15.1 Å². The molecule has 0 aliphatic carbocycles. The fourth-order valence-electron chi connectivity index (χ4n) is 3.73. The van der Waals surface area contributed by atoms with Crippen LogP contribution >= 0.6 is 0 Å². The molecule has 9 heteroatoms. The predicted octanol–water partition coefficient (Wildman–Crippen LogP) is 4.42. The highest BCUT2D eigenvalue weighted by molar-refractivity contribution is 5.97. The Hall–Kier alpha value is -3.59. The van der Waals surface area contributed by atoms with Crippen LogP contribution in [0.4, 0.5) is 14.6 Å². The Morgan fingerprint density at radius 1 is 0.944 bits per heavy atom. The molecular formula is C27H32F2N4O3. The monoisotopic (exact) mass is 498 g/mol. The van der Waals surface area contributed by atoms with Crippen LogP contribution in [0.5, 0.6) is 0 Å². The van der Waals surface area contributed by atoms with E-state index in [1.807, 2.05) is 20.8 Å². The second kappa shape index (κ2) is 10.2. The summed E-state index contributed by atoms with van der Waals surface area (Å²) >= 11 is 0. The van der Waals surface area contributed by atoms with E-state index in [0.29, 0.717) is 22.6 Å². The Morgan fingerprint density at radius 3 is 2.08 bits per heavy atom. The number of benzene rings is 2. The Kier molecular flexibility index (Phi) is 7.64. The highest BCUT2D eigenvalue weighted by Crippen LogP contribution is 2.34. The Labute approximate surface area is 209 Å². The van der Waals surface area contributed by atoms with E-state index in [0.717, 1.165) is 6.07 Å². The molecule has 3 N–H and O–H groups in total. The van der Waals surface area contributed by atoms with Crippen LogP contribution in [0.2, 0.25) is 0 Å². The van der Waals surface area contributed by atoms with Gasteiger partial charge in [0.2, 0.25) is 5.91 Å². The molecule has 2 unspecified atom stereocenters. The molecule has 192 valence electrons. The quantitative estimate of drug-likeness (QED) is 0.449. The molecule has 7 nitrogen and oxygen atoms in total. The summed E-state index contributed by atoms with van der Waals surface area (Å²) < 4.78 is 29.4. The summed E-state index contributed by atoms with van der Waals surface area (Å²) in [7, 11) is 0. The topological polar surface area (TPSA) is 96.2 Å². The van der Waals surface area contributed by atoms with Crippen molar-refractivity contribution in [3.8, 4) is 0 Å². The maximum absolute atomic E-state index is 13.9. The van der Waals surface area contributed by atoms with Gasteiger partial charge in [-0.3, -0.25) is 9.59 Å². The third kappa shape index (κ3) is 5.96. The Bertz CT molecular complexity index is 1230. The molecule has 0 aliphatic heterocycles. The van der Waals surface area contributed by atoms with Crippen LogP contribution in [-0.2, 0) is 20.5 Å². The number of aliphatic hydroxyl groups excluding tert-OH is 1. The molecule has 0 spiro atoms. The van der Waals surface area contributed by atoms with Gasteiger partial charge in [0.25, 0.3) is 5.91 Å². The first-order chi connectivity index (χ1) is 16.7. The number of halogens is 2. The number of hydrogen-bond acceptors (Lipinski definition) is 4. The first-order valence-electron chi connectivity index (χ1n) is 11.6. The molecule has 2 amide bonds. The zero-order valence-electron chi connectivity index (χ0n) is 21.3. The maximum Gasteiger partial charge on any atom is 0.254 e. The van der Waals surface area contributed by atoms with Gasteiger partial charge in [-0.15, -0.1) is 0 Å². The minimum absolute atomic E-state index is 0.358. The molecule has 3 aromatic rings. The number of aromatic nitrogens is 2. The minimum Gasteiger partial charge on any atom is -0.378 e. The van der Waals surface area contributed by atoms with Crippen molar-refractivity contribution in [1.29, 1.82) is 0 Å². The summed E-state index contributed by atoms with van der Waals surface area (Å²) in [6, 6.07) is 12.4. The van der Waals surface area contributed by atoms with Crippen LogP contribution in [0.3, 0.4) is 0 Å². The number of nitrogens with zero attached hydrogens (tertiary/aromatic N) is 2. The predicted molar refractivity (Wildman–Crippen MR) is 133 cm³/mol. The van der Waals surface area contributed by atoms with Gasteiger partial charge in [0.05, 0.1) is 11.2 Å². The van der Waals surface area contributed by atoms with E-state index in [9.17, 15) is 23.5 Å². The molecule has 0 bridgehead atoms. The average Bonchev–Trinajstić information content (AvgIpc) is 3.23. The number of nitrogens with one attached hydrogen (secondary N) is 2. The van der Waals surface area contributed by atoms with E-state index in [2.05, 4.69) is 15.7 Å². The van der Waals surface area contributed by atoms with Crippen LogP contribution < -0.4 is 10.6 Å². The van der Waals surface area contributed by atoms with Gasteiger partial charge in [-0.05, 0) is 51.0 Å². The number of anilines is 1. The zero-order chi connectivity index (χ0) is 26.8. The molecule has 3 rings (SSSR count). The second-order valence-corrected chi connectivity index (χ2v) is 10.3. The van der Waals surface area contributed by atoms with E-state index in [1.54, 1.807) is 54.9 Å². The normalized spacial score (nSPS) is 13.7. The van der Waals surface area contributed by atoms with Crippen molar-refractivity contribution in [2.45, 2.75) is 64.6 Å². The van der Waals surface area contributed by atoms with Crippen LogP contribution in [-0.4, -0.2) is 32.7 Å². The van der Waals surface area contributed by atoms with Gasteiger partial charge >= 0.3 is 0 Å². The van der Waals surface area contributed by atoms with Gasteiger partial charge in [0.1, 0.15) is 23.5 Å². The fraction of sp³-hybridized carbons (Fsp3) is 0.370. The molecule has 0 radical (unpaired) electrons. The largest absolute Gasteiger partial charge is 0.378 e. The van der Waals surface area contributed by atoms with Crippen molar-refractivity contribution in [3.05, 3.63) is 83.1 Å². The summed E-state index contributed by atoms with van der Waals surface area (Å²) in [5.74, 6) is -2.25. The number of amides is 2. The Morgan fingerprint density at radius 2 is 1.53 bits per heavy atom. The Balaban J connectivity index is 1.84. The summed E-state index contributed by atoms with van der Waals surface area (Å²) in [6.45, 7) is 10.8. The summed E-state index contributed by atoms with van der Waals surface area (Å²) in [4.78, 5) is 25.4. The molecule has 0 saturated carbocycles. The van der Waals surface area contributed by atoms with Crippen LogP contribution in [0.15, 0.2) is 54.6 Å². The molecule has 1 aromatic heterocycles. The molecule has 2 atom stereocenters. The molecule has 0 saturated heterocycles. The number of rotatable bonds is 7. The van der Waals surface area contributed by atoms with Gasteiger partial charge < -0.3 is 15.7 Å². The average molecular weight is 499 g/mol. The van der Waals surface area contributed by atoms with Crippen LogP contribution in [0, 0.1) is 11.6 Å². The third-order valence-electron chi connectivity index (χ3n) is 5.94. The lowest BCUT2D eigenvalue weighted by Gasteiger charge is -2.25. The zero-order valence-corrected chi connectivity index (χ0v) is 21.3. The number of carbonyl (C=O) groups excluding carboxylic acids is 2. The first-order valence-corrected chi connectivity index (χ1v) is 11.6. The molecule has 1 heterocycles. The van der Waals surface area contributed by atoms with E-state index >= 15 is 0 Å². The highest BCUT2D eigenvalue weighted by atomic mass is 19.1. The lowest BCUT2D eigenvalue weighted by atomic mass is 9.81. The highest BCUT2D eigenvalue weighted by Gasteiger charge is 2.32. The number of carbonyl (C=O) groups is 2. The minimum atomic E-state index is -1.42. The van der Waals surface area contributed by atoms with Crippen LogP contribution in [0.25, 0.3) is 0 Å². The smallest absolute Gasteiger partial charge is 0.254 e. The SMILES string of the molecule is CC(NC(=O)C(O)c1ccccc1)C(=O)Nc1cc(C(C)(C)c2cc(F)cc(F)c2)nn1C(C)(C)C. The number of aliphatic hydroxyl groups is 1. The molecule has 0 aliphatic rings. The lowest BCUT2D eigenvalue weighted by molar-refractivity contribution is -0.132. The summed E-state index contributed by atoms with van der Waals surface area (Å²) in [5.41, 5.74) is -0.117. The van der Waals surface area contributed by atoms with Crippen molar-refractivity contribution < 1.29 is 23.5 Å². The molecule has 36 heavy (non-hydrogen) atoms.